The Hall–Kier alpha value is -2.82. The number of anilines is 1. The summed E-state index contributed by atoms with van der Waals surface area (Å²) in [6, 6.07) is 16.1. The predicted octanol–water partition coefficient (Wildman–Crippen LogP) is 2.16. The first kappa shape index (κ1) is 13.6. The van der Waals surface area contributed by atoms with Gasteiger partial charge in [-0.05, 0) is 24.3 Å². The van der Waals surface area contributed by atoms with Gasteiger partial charge in [0.1, 0.15) is 5.75 Å². The van der Waals surface area contributed by atoms with E-state index in [0.717, 1.165) is 0 Å². The quantitative estimate of drug-likeness (QED) is 0.840. The maximum atomic E-state index is 11.6. The number of hydrogen-bond donors (Lipinski definition) is 2. The lowest BCUT2D eigenvalue weighted by molar-refractivity contribution is -0.135. The molecule has 2 aromatic rings. The van der Waals surface area contributed by atoms with E-state index >= 15 is 0 Å². The molecule has 5 heteroatoms. The third-order valence-electron chi connectivity index (χ3n) is 2.54. The average Bonchev–Trinajstić information content (AvgIpc) is 2.49. The van der Waals surface area contributed by atoms with Crippen LogP contribution >= 0.6 is 0 Å². The third-order valence-corrected chi connectivity index (χ3v) is 2.54. The maximum absolute atomic E-state index is 11.6. The van der Waals surface area contributed by atoms with Crippen molar-refractivity contribution in [3.63, 3.8) is 0 Å². The lowest BCUT2D eigenvalue weighted by atomic mass is 10.3. The van der Waals surface area contributed by atoms with E-state index in [1.165, 1.54) is 7.05 Å². The Balaban J connectivity index is 2.18. The van der Waals surface area contributed by atoms with Crippen LogP contribution in [0.2, 0.25) is 0 Å². The van der Waals surface area contributed by atoms with Crippen molar-refractivity contribution in [2.45, 2.75) is 0 Å². The molecule has 0 spiro atoms. The number of amides is 2. The summed E-state index contributed by atoms with van der Waals surface area (Å²) in [5.74, 6) is -0.332. The standard InChI is InChI=1S/C15H14N2O3/c1-16-14(18)15(19)17-12-9-5-6-10-13(12)20-11-7-3-2-4-8-11/h2-10H,1H3,(H,16,18)(H,17,19). The van der Waals surface area contributed by atoms with Crippen LogP contribution in [0.15, 0.2) is 54.6 Å². The van der Waals surface area contributed by atoms with E-state index in [2.05, 4.69) is 10.6 Å². The Bertz CT molecular complexity index is 612. The molecule has 0 heterocycles. The van der Waals surface area contributed by atoms with Crippen LogP contribution in [-0.2, 0) is 9.59 Å². The highest BCUT2D eigenvalue weighted by molar-refractivity contribution is 6.39. The molecule has 20 heavy (non-hydrogen) atoms. The van der Waals surface area contributed by atoms with Crippen molar-refractivity contribution in [1.29, 1.82) is 0 Å². The van der Waals surface area contributed by atoms with Crippen molar-refractivity contribution in [3.05, 3.63) is 54.6 Å². The van der Waals surface area contributed by atoms with Gasteiger partial charge in [0.2, 0.25) is 0 Å². The number of ether oxygens (including phenoxy) is 1. The van der Waals surface area contributed by atoms with E-state index < -0.39 is 11.8 Å². The van der Waals surface area contributed by atoms with Crippen LogP contribution in [0.25, 0.3) is 0 Å². The Morgan fingerprint density at radius 1 is 0.900 bits per heavy atom. The smallest absolute Gasteiger partial charge is 0.313 e. The van der Waals surface area contributed by atoms with Gasteiger partial charge in [-0.25, -0.2) is 0 Å². The van der Waals surface area contributed by atoms with Crippen molar-refractivity contribution in [2.75, 3.05) is 12.4 Å². The number of rotatable bonds is 3. The van der Waals surface area contributed by atoms with Gasteiger partial charge in [-0.1, -0.05) is 30.3 Å². The van der Waals surface area contributed by atoms with Gasteiger partial charge in [-0.3, -0.25) is 9.59 Å². The van der Waals surface area contributed by atoms with Gasteiger partial charge < -0.3 is 15.4 Å². The third kappa shape index (κ3) is 3.35. The van der Waals surface area contributed by atoms with Crippen LogP contribution in [0.4, 0.5) is 5.69 Å². The summed E-state index contributed by atoms with van der Waals surface area (Å²) >= 11 is 0. The minimum absolute atomic E-state index is 0.435. The number of likely N-dealkylation sites (N-methyl/N-ethyl adjacent to an activating group) is 1. The molecule has 5 nitrogen and oxygen atoms in total. The first-order valence-corrected chi connectivity index (χ1v) is 6.05. The Labute approximate surface area is 116 Å². The molecule has 2 rings (SSSR count). The number of benzene rings is 2. The molecule has 0 aliphatic rings. The molecule has 0 radical (unpaired) electrons. The number of hydrogen-bond acceptors (Lipinski definition) is 3. The SMILES string of the molecule is CNC(=O)C(=O)Nc1ccccc1Oc1ccccc1. The molecular formula is C15H14N2O3. The molecule has 2 aromatic carbocycles. The summed E-state index contributed by atoms with van der Waals surface area (Å²) in [5.41, 5.74) is 0.435. The average molecular weight is 270 g/mol. The molecule has 0 aromatic heterocycles. The van der Waals surface area contributed by atoms with E-state index in [9.17, 15) is 9.59 Å². The van der Waals surface area contributed by atoms with Crippen molar-refractivity contribution in [3.8, 4) is 11.5 Å². The highest BCUT2D eigenvalue weighted by Gasteiger charge is 2.14. The summed E-state index contributed by atoms with van der Waals surface area (Å²) in [5, 5.41) is 4.77. The van der Waals surface area contributed by atoms with Gasteiger partial charge in [-0.15, -0.1) is 0 Å². The second-order valence-electron chi connectivity index (χ2n) is 3.94. The Morgan fingerprint density at radius 3 is 2.25 bits per heavy atom. The summed E-state index contributed by atoms with van der Waals surface area (Å²) in [6.45, 7) is 0. The molecule has 0 aliphatic carbocycles. The molecule has 2 amide bonds. The van der Waals surface area contributed by atoms with Crippen LogP contribution in [0.1, 0.15) is 0 Å². The predicted molar refractivity (Wildman–Crippen MR) is 75.7 cm³/mol. The monoisotopic (exact) mass is 270 g/mol. The first-order valence-electron chi connectivity index (χ1n) is 6.05. The van der Waals surface area contributed by atoms with Gasteiger partial charge in [-0.2, -0.15) is 0 Å². The first-order chi connectivity index (χ1) is 9.70. The maximum Gasteiger partial charge on any atom is 0.313 e. The summed E-state index contributed by atoms with van der Waals surface area (Å²) in [4.78, 5) is 22.8. The van der Waals surface area contributed by atoms with Gasteiger partial charge in [0.15, 0.2) is 5.75 Å². The molecule has 0 saturated carbocycles. The number of nitrogens with one attached hydrogen (secondary N) is 2. The van der Waals surface area contributed by atoms with Gasteiger partial charge in [0.25, 0.3) is 0 Å². The van der Waals surface area contributed by atoms with Crippen LogP contribution < -0.4 is 15.4 Å². The number of carbonyl (C=O) groups excluding carboxylic acids is 2. The topological polar surface area (TPSA) is 67.4 Å². The van der Waals surface area contributed by atoms with Gasteiger partial charge in [0, 0.05) is 7.05 Å². The van der Waals surface area contributed by atoms with Crippen molar-refractivity contribution in [1.82, 2.24) is 5.32 Å². The van der Waals surface area contributed by atoms with Crippen molar-refractivity contribution in [2.24, 2.45) is 0 Å². The molecule has 102 valence electrons. The fourth-order valence-corrected chi connectivity index (χ4v) is 1.57. The second kappa shape index (κ2) is 6.38. The van der Waals surface area contributed by atoms with E-state index in [1.54, 1.807) is 36.4 Å². The minimum Gasteiger partial charge on any atom is -0.455 e. The lowest BCUT2D eigenvalue weighted by Gasteiger charge is -2.11. The van der Waals surface area contributed by atoms with Crippen LogP contribution in [0.3, 0.4) is 0 Å². The molecule has 0 atom stereocenters. The zero-order chi connectivity index (χ0) is 14.4. The lowest BCUT2D eigenvalue weighted by Crippen LogP contribution is -2.32. The molecule has 2 N–H and O–H groups in total. The molecule has 0 unspecified atom stereocenters. The second-order valence-corrected chi connectivity index (χ2v) is 3.94. The molecular weight excluding hydrogens is 256 g/mol. The minimum atomic E-state index is -0.739. The summed E-state index contributed by atoms with van der Waals surface area (Å²) in [6.07, 6.45) is 0. The van der Waals surface area contributed by atoms with E-state index in [-0.39, 0.29) is 0 Å². The van der Waals surface area contributed by atoms with Gasteiger partial charge in [0.05, 0.1) is 5.69 Å². The fraction of sp³-hybridized carbons (Fsp3) is 0.0667. The highest BCUT2D eigenvalue weighted by atomic mass is 16.5. The Morgan fingerprint density at radius 2 is 1.55 bits per heavy atom. The van der Waals surface area contributed by atoms with E-state index in [1.807, 2.05) is 18.2 Å². The zero-order valence-electron chi connectivity index (χ0n) is 10.9. The van der Waals surface area contributed by atoms with Crippen molar-refractivity contribution < 1.29 is 14.3 Å². The number of carbonyl (C=O) groups is 2. The number of para-hydroxylation sites is 3. The van der Waals surface area contributed by atoms with E-state index in [0.29, 0.717) is 17.2 Å². The largest absolute Gasteiger partial charge is 0.455 e. The van der Waals surface area contributed by atoms with Gasteiger partial charge >= 0.3 is 11.8 Å². The zero-order valence-corrected chi connectivity index (χ0v) is 10.9. The van der Waals surface area contributed by atoms with Crippen molar-refractivity contribution >= 4 is 17.5 Å². The van der Waals surface area contributed by atoms with Crippen LogP contribution in [-0.4, -0.2) is 18.9 Å². The summed E-state index contributed by atoms with van der Waals surface area (Å²) in [7, 11) is 1.40. The molecule has 0 fully saturated rings. The van der Waals surface area contributed by atoms with Crippen LogP contribution in [0, 0.1) is 0 Å². The highest BCUT2D eigenvalue weighted by Crippen LogP contribution is 2.28. The molecule has 0 aliphatic heterocycles. The van der Waals surface area contributed by atoms with E-state index in [4.69, 9.17) is 4.74 Å². The normalized spacial score (nSPS) is 9.65. The fourth-order valence-electron chi connectivity index (χ4n) is 1.57. The Kier molecular flexibility index (Phi) is 4.34. The molecule has 0 saturated heterocycles. The van der Waals surface area contributed by atoms with Crippen LogP contribution in [0.5, 0.6) is 11.5 Å². The summed E-state index contributed by atoms with van der Waals surface area (Å²) < 4.78 is 5.68. The molecule has 0 bridgehead atoms.